The van der Waals surface area contributed by atoms with E-state index in [0.29, 0.717) is 11.0 Å². The number of fused-ring (bicyclic) bond motifs is 1. The first kappa shape index (κ1) is 22.3. The van der Waals surface area contributed by atoms with Crippen LogP contribution < -0.4 is 11.2 Å². The molecule has 166 valence electrons. The number of aromatic nitrogens is 4. The number of nitrogens with one attached hydrogen (secondary N) is 1. The SMILES string of the molecule is Cc1ccc2nc(-c3ccc(NC(=O)[C@@H](C)Sc4nnc(C(C)(C)C)n4N)cc3)sc2c1. The van der Waals surface area contributed by atoms with E-state index in [2.05, 4.69) is 34.6 Å². The van der Waals surface area contributed by atoms with Crippen LogP contribution in [-0.2, 0) is 10.2 Å². The molecule has 1 amide bonds. The second-order valence-corrected chi connectivity index (χ2v) is 11.1. The summed E-state index contributed by atoms with van der Waals surface area (Å²) in [4.78, 5) is 17.4. The zero-order valence-electron chi connectivity index (χ0n) is 18.7. The van der Waals surface area contributed by atoms with Crippen LogP contribution in [0.3, 0.4) is 0 Å². The van der Waals surface area contributed by atoms with Crippen LogP contribution in [0.15, 0.2) is 47.6 Å². The van der Waals surface area contributed by atoms with E-state index in [9.17, 15) is 4.79 Å². The van der Waals surface area contributed by atoms with Gasteiger partial charge in [0.05, 0.1) is 15.5 Å². The summed E-state index contributed by atoms with van der Waals surface area (Å²) in [7, 11) is 0. The Morgan fingerprint density at radius 3 is 2.53 bits per heavy atom. The van der Waals surface area contributed by atoms with E-state index in [1.807, 2.05) is 58.0 Å². The third-order valence-corrected chi connectivity index (χ3v) is 7.05. The predicted molar refractivity (Wildman–Crippen MR) is 133 cm³/mol. The molecule has 2 aromatic heterocycles. The Labute approximate surface area is 195 Å². The number of thioether (sulfide) groups is 1. The maximum absolute atomic E-state index is 12.7. The first-order valence-electron chi connectivity index (χ1n) is 10.3. The molecule has 0 fully saturated rings. The minimum Gasteiger partial charge on any atom is -0.336 e. The average molecular weight is 467 g/mol. The van der Waals surface area contributed by atoms with Crippen molar-refractivity contribution in [2.75, 3.05) is 11.2 Å². The van der Waals surface area contributed by atoms with Gasteiger partial charge >= 0.3 is 0 Å². The standard InChI is InChI=1S/C23H26N6OS2/c1-13-6-11-17-18(12-13)32-20(26-17)15-7-9-16(10-8-15)25-19(30)14(2)31-22-28-27-21(29(22)24)23(3,4)5/h6-12,14H,24H2,1-5H3,(H,25,30)/t14-/m1/s1. The normalized spacial score (nSPS) is 12.8. The van der Waals surface area contributed by atoms with Crippen LogP contribution in [0, 0.1) is 6.92 Å². The molecule has 2 heterocycles. The third kappa shape index (κ3) is 4.63. The lowest BCUT2D eigenvalue weighted by molar-refractivity contribution is -0.115. The molecule has 9 heteroatoms. The van der Waals surface area contributed by atoms with Gasteiger partial charge in [0.1, 0.15) is 5.01 Å². The molecule has 2 aromatic carbocycles. The molecule has 0 aliphatic heterocycles. The molecule has 0 spiro atoms. The predicted octanol–water partition coefficient (Wildman–Crippen LogP) is 4.99. The fraction of sp³-hybridized carbons (Fsp3) is 0.304. The van der Waals surface area contributed by atoms with Gasteiger partial charge in [-0.1, -0.05) is 38.6 Å². The number of carbonyl (C=O) groups excluding carboxylic acids is 1. The maximum atomic E-state index is 12.7. The zero-order chi connectivity index (χ0) is 23.0. The van der Waals surface area contributed by atoms with E-state index < -0.39 is 0 Å². The summed E-state index contributed by atoms with van der Waals surface area (Å²) in [6.07, 6.45) is 0. The number of hydrogen-bond donors (Lipinski definition) is 2. The molecular formula is C23H26N6OS2. The number of carbonyl (C=O) groups is 1. The Kier molecular flexibility index (Phi) is 5.96. The van der Waals surface area contributed by atoms with Gasteiger partial charge in [0.25, 0.3) is 0 Å². The highest BCUT2D eigenvalue weighted by atomic mass is 32.2. The summed E-state index contributed by atoms with van der Waals surface area (Å²) in [5, 5.41) is 12.4. The lowest BCUT2D eigenvalue weighted by Gasteiger charge is -2.17. The molecule has 4 aromatic rings. The topological polar surface area (TPSA) is 98.7 Å². The number of nitrogens with zero attached hydrogens (tertiary/aromatic N) is 4. The zero-order valence-corrected chi connectivity index (χ0v) is 20.3. The van der Waals surface area contributed by atoms with Gasteiger partial charge in [0, 0.05) is 16.7 Å². The fourth-order valence-electron chi connectivity index (χ4n) is 3.18. The molecular weight excluding hydrogens is 440 g/mol. The van der Waals surface area contributed by atoms with Gasteiger partial charge in [-0.05, 0) is 55.8 Å². The van der Waals surface area contributed by atoms with Crippen molar-refractivity contribution < 1.29 is 4.79 Å². The summed E-state index contributed by atoms with van der Waals surface area (Å²) in [6.45, 7) is 9.96. The number of amides is 1. The highest BCUT2D eigenvalue weighted by Gasteiger charge is 2.25. The van der Waals surface area contributed by atoms with Crippen LogP contribution >= 0.6 is 23.1 Å². The van der Waals surface area contributed by atoms with Gasteiger partial charge in [-0.25, -0.2) is 9.66 Å². The largest absolute Gasteiger partial charge is 0.336 e. The number of rotatable bonds is 5. The minimum atomic E-state index is -0.388. The Bertz CT molecular complexity index is 1270. The number of anilines is 1. The van der Waals surface area contributed by atoms with E-state index in [1.54, 1.807) is 11.3 Å². The van der Waals surface area contributed by atoms with Gasteiger partial charge in [-0.2, -0.15) is 0 Å². The highest BCUT2D eigenvalue weighted by Crippen LogP contribution is 2.31. The molecule has 3 N–H and O–H groups in total. The lowest BCUT2D eigenvalue weighted by atomic mass is 9.96. The third-order valence-electron chi connectivity index (χ3n) is 4.93. The second-order valence-electron chi connectivity index (χ2n) is 8.74. The molecule has 4 rings (SSSR count). The van der Waals surface area contributed by atoms with Crippen LogP contribution in [-0.4, -0.2) is 31.0 Å². The number of thiazole rings is 1. The number of benzene rings is 2. The van der Waals surface area contributed by atoms with Gasteiger partial charge < -0.3 is 11.2 Å². The second kappa shape index (κ2) is 8.55. The maximum Gasteiger partial charge on any atom is 0.237 e. The summed E-state index contributed by atoms with van der Waals surface area (Å²) >= 11 is 2.95. The van der Waals surface area contributed by atoms with Crippen molar-refractivity contribution in [3.05, 3.63) is 53.9 Å². The van der Waals surface area contributed by atoms with Gasteiger partial charge in [0.15, 0.2) is 5.82 Å². The average Bonchev–Trinajstić information content (AvgIpc) is 3.31. The first-order valence-corrected chi connectivity index (χ1v) is 12.0. The Balaban J connectivity index is 1.42. The van der Waals surface area contributed by atoms with Crippen molar-refractivity contribution >= 4 is 44.9 Å². The van der Waals surface area contributed by atoms with Crippen molar-refractivity contribution in [2.45, 2.75) is 50.4 Å². The highest BCUT2D eigenvalue weighted by molar-refractivity contribution is 8.00. The molecule has 0 aliphatic rings. The van der Waals surface area contributed by atoms with E-state index in [1.165, 1.54) is 26.7 Å². The minimum absolute atomic E-state index is 0.126. The molecule has 0 aliphatic carbocycles. The van der Waals surface area contributed by atoms with Gasteiger partial charge in [-0.3, -0.25) is 4.79 Å². The fourth-order valence-corrected chi connectivity index (χ4v) is 5.02. The van der Waals surface area contributed by atoms with E-state index >= 15 is 0 Å². The van der Waals surface area contributed by atoms with Crippen LogP contribution in [0.1, 0.15) is 39.1 Å². The summed E-state index contributed by atoms with van der Waals surface area (Å²) < 4.78 is 2.63. The van der Waals surface area contributed by atoms with Gasteiger partial charge in [0.2, 0.25) is 11.1 Å². The van der Waals surface area contributed by atoms with Crippen LogP contribution in [0.25, 0.3) is 20.8 Å². The van der Waals surface area contributed by atoms with Crippen LogP contribution in [0.2, 0.25) is 0 Å². The van der Waals surface area contributed by atoms with Crippen molar-refractivity contribution in [2.24, 2.45) is 0 Å². The van der Waals surface area contributed by atoms with Crippen molar-refractivity contribution in [1.29, 1.82) is 0 Å². The Morgan fingerprint density at radius 2 is 1.88 bits per heavy atom. The van der Waals surface area contributed by atoms with E-state index in [-0.39, 0.29) is 16.6 Å². The molecule has 0 saturated heterocycles. The monoisotopic (exact) mass is 466 g/mol. The molecule has 0 radical (unpaired) electrons. The molecule has 0 unspecified atom stereocenters. The summed E-state index contributed by atoms with van der Waals surface area (Å²) in [5.74, 6) is 6.68. The van der Waals surface area contributed by atoms with Crippen molar-refractivity contribution in [3.63, 3.8) is 0 Å². The molecule has 1 atom stereocenters. The van der Waals surface area contributed by atoms with Crippen molar-refractivity contribution in [3.8, 4) is 10.6 Å². The number of nitrogen functional groups attached to an aromatic ring is 1. The number of aryl methyl sites for hydroxylation is 1. The molecule has 0 bridgehead atoms. The Hall–Kier alpha value is -2.91. The van der Waals surface area contributed by atoms with E-state index in [4.69, 9.17) is 10.8 Å². The quantitative estimate of drug-likeness (QED) is 0.317. The number of nitrogens with two attached hydrogens (primary N) is 1. The van der Waals surface area contributed by atoms with Crippen LogP contribution in [0.4, 0.5) is 5.69 Å². The van der Waals surface area contributed by atoms with Gasteiger partial charge in [-0.15, -0.1) is 21.5 Å². The molecule has 7 nitrogen and oxygen atoms in total. The van der Waals surface area contributed by atoms with E-state index in [0.717, 1.165) is 21.8 Å². The summed E-state index contributed by atoms with van der Waals surface area (Å²) in [5.41, 5.74) is 3.75. The van der Waals surface area contributed by atoms with Crippen molar-refractivity contribution in [1.82, 2.24) is 19.9 Å². The lowest BCUT2D eigenvalue weighted by Crippen LogP contribution is -2.26. The first-order chi connectivity index (χ1) is 15.1. The number of hydrogen-bond acceptors (Lipinski definition) is 7. The molecule has 0 saturated carbocycles. The Morgan fingerprint density at radius 1 is 1.16 bits per heavy atom. The van der Waals surface area contributed by atoms with Crippen LogP contribution in [0.5, 0.6) is 0 Å². The molecule has 32 heavy (non-hydrogen) atoms. The smallest absolute Gasteiger partial charge is 0.237 e. The summed E-state index contributed by atoms with van der Waals surface area (Å²) in [6, 6.07) is 14.0.